The van der Waals surface area contributed by atoms with Crippen LogP contribution in [0.4, 0.5) is 0 Å². The Morgan fingerprint density at radius 2 is 2.50 bits per heavy atom. The lowest BCUT2D eigenvalue weighted by Gasteiger charge is -2.12. The molecule has 1 rings (SSSR count). The third kappa shape index (κ3) is 2.52. The second kappa shape index (κ2) is 5.20. The number of rotatable bonds is 2. The summed E-state index contributed by atoms with van der Waals surface area (Å²) in [6.45, 7) is 2.07. The normalized spacial score (nSPS) is 19.8. The smallest absolute Gasteiger partial charge is 0.0280 e. The van der Waals surface area contributed by atoms with Crippen LogP contribution in [0, 0.1) is 0 Å². The first kappa shape index (κ1) is 9.59. The highest BCUT2D eigenvalue weighted by atomic mass is 32.2. The third-order valence-corrected chi connectivity index (χ3v) is 2.81. The first-order valence-corrected chi connectivity index (χ1v) is 5.39. The van der Waals surface area contributed by atoms with Crippen LogP contribution in [0.25, 0.3) is 0 Å². The van der Waals surface area contributed by atoms with Gasteiger partial charge in [-0.25, -0.2) is 0 Å². The molecule has 0 spiro atoms. The Labute approximate surface area is 78.7 Å². The molecule has 12 heavy (non-hydrogen) atoms. The summed E-state index contributed by atoms with van der Waals surface area (Å²) in [6.07, 6.45) is 7.58. The first-order chi connectivity index (χ1) is 5.88. The summed E-state index contributed by atoms with van der Waals surface area (Å²) in [4.78, 5) is 4.04. The predicted octanol–water partition coefficient (Wildman–Crippen LogP) is 2.70. The fourth-order valence-corrected chi connectivity index (χ4v) is 2.12. The highest BCUT2D eigenvalue weighted by molar-refractivity contribution is 7.99. The summed E-state index contributed by atoms with van der Waals surface area (Å²) < 4.78 is 0. The van der Waals surface area contributed by atoms with Crippen LogP contribution in [0.5, 0.6) is 0 Å². The van der Waals surface area contributed by atoms with Crippen molar-refractivity contribution in [2.45, 2.75) is 13.3 Å². The summed E-state index contributed by atoms with van der Waals surface area (Å²) in [7, 11) is 1.82. The SMILES string of the molecule is CC=C(C=NC)C1=CCSCC1. The molecule has 1 aliphatic heterocycles. The van der Waals surface area contributed by atoms with Crippen molar-refractivity contribution >= 4 is 18.0 Å². The highest BCUT2D eigenvalue weighted by Gasteiger charge is 2.05. The monoisotopic (exact) mass is 181 g/mol. The van der Waals surface area contributed by atoms with Gasteiger partial charge in [-0.05, 0) is 30.2 Å². The quantitative estimate of drug-likeness (QED) is 0.597. The second-order valence-corrected chi connectivity index (χ2v) is 3.84. The van der Waals surface area contributed by atoms with Crippen LogP contribution in [0.1, 0.15) is 13.3 Å². The fourth-order valence-electron chi connectivity index (χ4n) is 1.27. The maximum atomic E-state index is 4.04. The summed E-state index contributed by atoms with van der Waals surface area (Å²) in [5.74, 6) is 2.41. The van der Waals surface area contributed by atoms with Crippen molar-refractivity contribution in [3.05, 3.63) is 23.3 Å². The molecule has 0 radical (unpaired) electrons. The molecule has 0 aromatic carbocycles. The van der Waals surface area contributed by atoms with E-state index >= 15 is 0 Å². The number of hydrogen-bond acceptors (Lipinski definition) is 2. The predicted molar refractivity (Wildman–Crippen MR) is 58.2 cm³/mol. The molecule has 1 nitrogen and oxygen atoms in total. The summed E-state index contributed by atoms with van der Waals surface area (Å²) >= 11 is 2.00. The molecule has 0 atom stereocenters. The molecule has 66 valence electrons. The van der Waals surface area contributed by atoms with Gasteiger partial charge < -0.3 is 0 Å². The Morgan fingerprint density at radius 1 is 1.67 bits per heavy atom. The van der Waals surface area contributed by atoms with Crippen molar-refractivity contribution in [3.8, 4) is 0 Å². The van der Waals surface area contributed by atoms with Crippen LogP contribution in [-0.4, -0.2) is 24.8 Å². The van der Waals surface area contributed by atoms with E-state index < -0.39 is 0 Å². The number of thioether (sulfide) groups is 1. The zero-order valence-electron chi connectivity index (χ0n) is 7.71. The molecule has 0 saturated heterocycles. The third-order valence-electron chi connectivity index (χ3n) is 1.91. The van der Waals surface area contributed by atoms with E-state index in [2.05, 4.69) is 24.1 Å². The average Bonchev–Trinajstić information content (AvgIpc) is 2.15. The van der Waals surface area contributed by atoms with Crippen molar-refractivity contribution < 1.29 is 0 Å². The molecule has 0 N–H and O–H groups in total. The molecule has 1 heterocycles. The van der Waals surface area contributed by atoms with Crippen molar-refractivity contribution in [2.24, 2.45) is 4.99 Å². The van der Waals surface area contributed by atoms with Gasteiger partial charge in [0, 0.05) is 19.0 Å². The molecule has 2 heteroatoms. The fraction of sp³-hybridized carbons (Fsp3) is 0.500. The van der Waals surface area contributed by atoms with Gasteiger partial charge in [-0.15, -0.1) is 0 Å². The van der Waals surface area contributed by atoms with E-state index in [1.807, 2.05) is 25.0 Å². The number of allylic oxidation sites excluding steroid dienone is 3. The maximum absolute atomic E-state index is 4.04. The standard InChI is InChI=1S/C10H15NS/c1-3-9(8-11-2)10-4-6-12-7-5-10/h3-4,8H,5-7H2,1-2H3. The van der Waals surface area contributed by atoms with Gasteiger partial charge >= 0.3 is 0 Å². The molecular formula is C10H15NS. The lowest BCUT2D eigenvalue weighted by atomic mass is 10.0. The summed E-state index contributed by atoms with van der Waals surface area (Å²) in [5.41, 5.74) is 2.75. The zero-order valence-corrected chi connectivity index (χ0v) is 8.53. The van der Waals surface area contributed by atoms with Gasteiger partial charge in [-0.3, -0.25) is 4.99 Å². The largest absolute Gasteiger partial charge is 0.296 e. The Bertz CT molecular complexity index is 226. The topological polar surface area (TPSA) is 12.4 Å². The van der Waals surface area contributed by atoms with Crippen LogP contribution < -0.4 is 0 Å². The Balaban J connectivity index is 2.71. The molecule has 0 aromatic rings. The van der Waals surface area contributed by atoms with E-state index in [0.717, 1.165) is 5.75 Å². The lowest BCUT2D eigenvalue weighted by molar-refractivity contribution is 1.12. The molecule has 0 amide bonds. The molecule has 0 unspecified atom stereocenters. The Kier molecular flexibility index (Phi) is 4.15. The van der Waals surface area contributed by atoms with Crippen molar-refractivity contribution in [2.75, 3.05) is 18.6 Å². The second-order valence-electron chi connectivity index (χ2n) is 2.69. The van der Waals surface area contributed by atoms with Crippen LogP contribution in [-0.2, 0) is 0 Å². The van der Waals surface area contributed by atoms with Crippen LogP contribution in [0.3, 0.4) is 0 Å². The average molecular weight is 181 g/mol. The van der Waals surface area contributed by atoms with E-state index in [1.165, 1.54) is 23.3 Å². The van der Waals surface area contributed by atoms with E-state index in [1.54, 1.807) is 0 Å². The minimum atomic E-state index is 1.16. The minimum Gasteiger partial charge on any atom is -0.296 e. The molecule has 0 aliphatic carbocycles. The zero-order chi connectivity index (χ0) is 8.81. The van der Waals surface area contributed by atoms with E-state index in [9.17, 15) is 0 Å². The lowest BCUT2D eigenvalue weighted by Crippen LogP contribution is -1.99. The van der Waals surface area contributed by atoms with Gasteiger partial charge in [0.25, 0.3) is 0 Å². The number of hydrogen-bond donors (Lipinski definition) is 0. The molecule has 1 aliphatic rings. The number of aliphatic imine (C=N–C) groups is 1. The van der Waals surface area contributed by atoms with Gasteiger partial charge in [-0.1, -0.05) is 12.2 Å². The molecule has 0 bridgehead atoms. The van der Waals surface area contributed by atoms with E-state index in [-0.39, 0.29) is 0 Å². The number of nitrogens with zero attached hydrogens (tertiary/aromatic N) is 1. The van der Waals surface area contributed by atoms with Crippen LogP contribution in [0.15, 0.2) is 28.3 Å². The van der Waals surface area contributed by atoms with Crippen molar-refractivity contribution in [1.82, 2.24) is 0 Å². The minimum absolute atomic E-state index is 1.16. The molecule has 0 saturated carbocycles. The van der Waals surface area contributed by atoms with Crippen molar-refractivity contribution in [3.63, 3.8) is 0 Å². The summed E-state index contributed by atoms with van der Waals surface area (Å²) in [6, 6.07) is 0. The Morgan fingerprint density at radius 3 is 3.00 bits per heavy atom. The van der Waals surface area contributed by atoms with Gasteiger partial charge in [0.15, 0.2) is 0 Å². The molecule has 0 aromatic heterocycles. The molecular weight excluding hydrogens is 166 g/mol. The van der Waals surface area contributed by atoms with Crippen molar-refractivity contribution in [1.29, 1.82) is 0 Å². The van der Waals surface area contributed by atoms with Gasteiger partial charge in [0.2, 0.25) is 0 Å². The summed E-state index contributed by atoms with van der Waals surface area (Å²) in [5, 5.41) is 0. The Hall–Kier alpha value is -0.500. The van der Waals surface area contributed by atoms with Crippen LogP contribution >= 0.6 is 11.8 Å². The van der Waals surface area contributed by atoms with Gasteiger partial charge in [0.1, 0.15) is 0 Å². The molecule has 0 fully saturated rings. The van der Waals surface area contributed by atoms with Gasteiger partial charge in [-0.2, -0.15) is 11.8 Å². The van der Waals surface area contributed by atoms with Gasteiger partial charge in [0.05, 0.1) is 0 Å². The van der Waals surface area contributed by atoms with E-state index in [0.29, 0.717) is 0 Å². The highest BCUT2D eigenvalue weighted by Crippen LogP contribution is 2.21. The first-order valence-electron chi connectivity index (χ1n) is 4.24. The maximum Gasteiger partial charge on any atom is 0.0280 e. The van der Waals surface area contributed by atoms with Crippen LogP contribution in [0.2, 0.25) is 0 Å². The van der Waals surface area contributed by atoms with E-state index in [4.69, 9.17) is 0 Å².